The van der Waals surface area contributed by atoms with E-state index in [-0.39, 0.29) is 12.1 Å². The summed E-state index contributed by atoms with van der Waals surface area (Å²) in [5.74, 6) is 0.707. The Morgan fingerprint density at radius 1 is 1.10 bits per heavy atom. The Labute approximate surface area is 128 Å². The summed E-state index contributed by atoms with van der Waals surface area (Å²) in [5.41, 5.74) is 1.56. The van der Waals surface area contributed by atoms with Crippen LogP contribution in [-0.4, -0.2) is 17.2 Å². The fourth-order valence-corrected chi connectivity index (χ4v) is 2.14. The third kappa shape index (κ3) is 7.14. The Balaban J connectivity index is 2.35. The molecule has 0 saturated carbocycles. The molecule has 0 aliphatic heterocycles. The summed E-state index contributed by atoms with van der Waals surface area (Å²) in [4.78, 5) is 11.9. The van der Waals surface area contributed by atoms with E-state index in [1.54, 1.807) is 19.1 Å². The summed E-state index contributed by atoms with van der Waals surface area (Å²) >= 11 is 0. The maximum atomic E-state index is 11.9. The number of aliphatic hydroxyl groups is 1. The van der Waals surface area contributed by atoms with Crippen molar-refractivity contribution in [1.29, 1.82) is 0 Å². The van der Waals surface area contributed by atoms with Crippen molar-refractivity contribution in [2.75, 3.05) is 5.32 Å². The average Bonchev–Trinajstić information content (AvgIpc) is 2.38. The number of carbonyl (C=O) groups excluding carboxylic acids is 1. The van der Waals surface area contributed by atoms with E-state index in [0.717, 1.165) is 24.1 Å². The molecule has 21 heavy (non-hydrogen) atoms. The van der Waals surface area contributed by atoms with Gasteiger partial charge >= 0.3 is 6.03 Å². The molecule has 3 N–H and O–H groups in total. The fraction of sp³-hybridized carbons (Fsp3) is 0.588. The average molecular weight is 292 g/mol. The Morgan fingerprint density at radius 2 is 1.71 bits per heavy atom. The van der Waals surface area contributed by atoms with Crippen LogP contribution in [0.5, 0.6) is 0 Å². The summed E-state index contributed by atoms with van der Waals surface area (Å²) < 4.78 is 0. The lowest BCUT2D eigenvalue weighted by molar-refractivity contribution is 0.199. The Kier molecular flexibility index (Phi) is 7.23. The largest absolute Gasteiger partial charge is 0.389 e. The standard InChI is InChI=1S/C17H28N2O2/c1-12(2)6-5-7-13(3)18-17(21)19-16-10-8-15(9-11-16)14(4)20/h8-14,20H,5-7H2,1-4H3,(H2,18,19,21). The van der Waals surface area contributed by atoms with E-state index < -0.39 is 6.10 Å². The van der Waals surface area contributed by atoms with E-state index in [4.69, 9.17) is 0 Å². The number of anilines is 1. The molecular formula is C17H28N2O2. The van der Waals surface area contributed by atoms with Gasteiger partial charge in [0, 0.05) is 11.7 Å². The van der Waals surface area contributed by atoms with Crippen molar-refractivity contribution in [2.45, 2.75) is 59.1 Å². The van der Waals surface area contributed by atoms with Crippen LogP contribution >= 0.6 is 0 Å². The molecule has 118 valence electrons. The summed E-state index contributed by atoms with van der Waals surface area (Å²) in [6, 6.07) is 7.20. The van der Waals surface area contributed by atoms with E-state index in [0.29, 0.717) is 5.92 Å². The molecule has 1 aromatic rings. The van der Waals surface area contributed by atoms with Gasteiger partial charge in [0.2, 0.25) is 0 Å². The molecule has 2 amide bonds. The van der Waals surface area contributed by atoms with Gasteiger partial charge in [-0.1, -0.05) is 38.8 Å². The van der Waals surface area contributed by atoms with E-state index in [1.165, 1.54) is 6.42 Å². The highest BCUT2D eigenvalue weighted by Crippen LogP contribution is 2.15. The van der Waals surface area contributed by atoms with Gasteiger partial charge in [0.25, 0.3) is 0 Å². The van der Waals surface area contributed by atoms with Gasteiger partial charge < -0.3 is 15.7 Å². The van der Waals surface area contributed by atoms with Gasteiger partial charge in [0.1, 0.15) is 0 Å². The Hall–Kier alpha value is -1.55. The maximum Gasteiger partial charge on any atom is 0.319 e. The topological polar surface area (TPSA) is 61.4 Å². The zero-order valence-electron chi connectivity index (χ0n) is 13.5. The third-order valence-electron chi connectivity index (χ3n) is 3.45. The number of hydrogen-bond acceptors (Lipinski definition) is 2. The lowest BCUT2D eigenvalue weighted by Crippen LogP contribution is -2.36. The molecule has 0 saturated heterocycles. The molecule has 0 fully saturated rings. The first-order valence-corrected chi connectivity index (χ1v) is 7.74. The second-order valence-electron chi connectivity index (χ2n) is 6.12. The van der Waals surface area contributed by atoms with Crippen molar-refractivity contribution in [3.8, 4) is 0 Å². The van der Waals surface area contributed by atoms with Crippen LogP contribution in [-0.2, 0) is 0 Å². The van der Waals surface area contributed by atoms with Gasteiger partial charge in [0.05, 0.1) is 6.10 Å². The molecule has 4 heteroatoms. The summed E-state index contributed by atoms with van der Waals surface area (Å²) in [7, 11) is 0. The van der Waals surface area contributed by atoms with Crippen LogP contribution in [0.4, 0.5) is 10.5 Å². The highest BCUT2D eigenvalue weighted by Gasteiger charge is 2.08. The molecule has 0 bridgehead atoms. The van der Waals surface area contributed by atoms with Gasteiger partial charge in [-0.3, -0.25) is 0 Å². The second kappa shape index (κ2) is 8.67. The second-order valence-corrected chi connectivity index (χ2v) is 6.12. The van der Waals surface area contributed by atoms with Crippen LogP contribution in [0.1, 0.15) is 58.6 Å². The van der Waals surface area contributed by atoms with Gasteiger partial charge in [-0.05, 0) is 43.9 Å². The predicted molar refractivity (Wildman–Crippen MR) is 87.4 cm³/mol. The molecule has 1 aromatic carbocycles. The molecule has 0 aliphatic carbocycles. The molecule has 1 rings (SSSR count). The smallest absolute Gasteiger partial charge is 0.319 e. The van der Waals surface area contributed by atoms with Crippen LogP contribution < -0.4 is 10.6 Å². The Morgan fingerprint density at radius 3 is 2.24 bits per heavy atom. The first kappa shape index (κ1) is 17.5. The normalized spacial score (nSPS) is 13.8. The fourth-order valence-electron chi connectivity index (χ4n) is 2.14. The van der Waals surface area contributed by atoms with Gasteiger partial charge in [-0.15, -0.1) is 0 Å². The summed E-state index contributed by atoms with van der Waals surface area (Å²) in [6.45, 7) is 8.16. The molecule has 0 aromatic heterocycles. The first-order valence-electron chi connectivity index (χ1n) is 7.74. The van der Waals surface area contributed by atoms with Crippen molar-refractivity contribution in [1.82, 2.24) is 5.32 Å². The number of hydrogen-bond donors (Lipinski definition) is 3. The minimum Gasteiger partial charge on any atom is -0.389 e. The lowest BCUT2D eigenvalue weighted by Gasteiger charge is -2.15. The number of amides is 2. The summed E-state index contributed by atoms with van der Waals surface area (Å²) in [6.07, 6.45) is 2.82. The number of benzene rings is 1. The minimum absolute atomic E-state index is 0.167. The SMILES string of the molecule is CC(C)CCCC(C)NC(=O)Nc1ccc(C(C)O)cc1. The van der Waals surface area contributed by atoms with E-state index in [1.807, 2.05) is 19.1 Å². The number of nitrogens with one attached hydrogen (secondary N) is 2. The van der Waals surface area contributed by atoms with Gasteiger partial charge in [-0.25, -0.2) is 4.79 Å². The van der Waals surface area contributed by atoms with Gasteiger partial charge in [0.15, 0.2) is 0 Å². The molecular weight excluding hydrogens is 264 g/mol. The van der Waals surface area contributed by atoms with Crippen molar-refractivity contribution < 1.29 is 9.90 Å². The molecule has 2 atom stereocenters. The van der Waals surface area contributed by atoms with E-state index in [2.05, 4.69) is 24.5 Å². The highest BCUT2D eigenvalue weighted by molar-refractivity contribution is 5.89. The van der Waals surface area contributed by atoms with Crippen molar-refractivity contribution in [2.24, 2.45) is 5.92 Å². The minimum atomic E-state index is -0.492. The number of aliphatic hydroxyl groups excluding tert-OH is 1. The summed E-state index contributed by atoms with van der Waals surface area (Å²) in [5, 5.41) is 15.2. The van der Waals surface area contributed by atoms with Crippen LogP contribution in [0.25, 0.3) is 0 Å². The van der Waals surface area contributed by atoms with Crippen molar-refractivity contribution in [3.05, 3.63) is 29.8 Å². The van der Waals surface area contributed by atoms with Crippen molar-refractivity contribution >= 4 is 11.7 Å². The predicted octanol–water partition coefficient (Wildman–Crippen LogP) is 4.08. The third-order valence-corrected chi connectivity index (χ3v) is 3.45. The molecule has 0 heterocycles. The van der Waals surface area contributed by atoms with Crippen molar-refractivity contribution in [3.63, 3.8) is 0 Å². The van der Waals surface area contributed by atoms with Crippen LogP contribution in [0, 0.1) is 5.92 Å². The maximum absolute atomic E-state index is 11.9. The first-order chi connectivity index (χ1) is 9.88. The lowest BCUT2D eigenvalue weighted by atomic mass is 10.0. The molecule has 0 spiro atoms. The molecule has 2 unspecified atom stereocenters. The monoisotopic (exact) mass is 292 g/mol. The molecule has 4 nitrogen and oxygen atoms in total. The zero-order chi connectivity index (χ0) is 15.8. The highest BCUT2D eigenvalue weighted by atomic mass is 16.3. The number of rotatable bonds is 7. The van der Waals surface area contributed by atoms with Crippen LogP contribution in [0.2, 0.25) is 0 Å². The van der Waals surface area contributed by atoms with E-state index >= 15 is 0 Å². The zero-order valence-corrected chi connectivity index (χ0v) is 13.5. The van der Waals surface area contributed by atoms with Crippen LogP contribution in [0.3, 0.4) is 0 Å². The number of carbonyl (C=O) groups is 1. The Bertz CT molecular complexity index is 427. The number of urea groups is 1. The van der Waals surface area contributed by atoms with Gasteiger partial charge in [-0.2, -0.15) is 0 Å². The quantitative estimate of drug-likeness (QED) is 0.709. The molecule has 0 radical (unpaired) electrons. The van der Waals surface area contributed by atoms with Crippen LogP contribution in [0.15, 0.2) is 24.3 Å². The van der Waals surface area contributed by atoms with E-state index in [9.17, 15) is 9.90 Å². The molecule has 0 aliphatic rings.